The number of rotatable bonds is 13. The van der Waals surface area contributed by atoms with Crippen LogP contribution in [0.25, 0.3) is 89.2 Å². The molecule has 112 heavy (non-hydrogen) atoms. The van der Waals surface area contributed by atoms with E-state index in [1.54, 1.807) is 48.5 Å². The number of nitrogens with two attached hydrogens (primary N) is 2. The summed E-state index contributed by atoms with van der Waals surface area (Å²) in [4.78, 5) is 100. The smallest absolute Gasteiger partial charge is 0.357 e. The Bertz CT molecular complexity index is 5640. The summed E-state index contributed by atoms with van der Waals surface area (Å²) in [6.45, 7) is 0. The van der Waals surface area contributed by atoms with Gasteiger partial charge in [0, 0.05) is 149 Å². The normalized spacial score (nSPS) is 10.3. The molecule has 0 saturated heterocycles. The number of ether oxygens (including phenoxy) is 1. The summed E-state index contributed by atoms with van der Waals surface area (Å²) in [6, 6.07) is 75.4. The number of H-pyrrole nitrogens is 1. The Labute approximate surface area is 668 Å². The quantitative estimate of drug-likeness (QED) is 0.0274. The van der Waals surface area contributed by atoms with E-state index in [-0.39, 0.29) is 24.4 Å². The van der Waals surface area contributed by atoms with Crippen LogP contribution in [0.4, 0.5) is 34.1 Å². The molecule has 0 spiro atoms. The first kappa shape index (κ1) is 86.9. The Morgan fingerprint density at radius 2 is 0.750 bits per heavy atom. The van der Waals surface area contributed by atoms with Crippen LogP contribution >= 0.6 is 50.5 Å². The second-order valence-corrected chi connectivity index (χ2v) is 32.1. The number of carbonyl (C=O) groups is 4. The van der Waals surface area contributed by atoms with Gasteiger partial charge in [-0.1, -0.05) is 91.8 Å². The van der Waals surface area contributed by atoms with Crippen LogP contribution in [-0.2, 0) is 9.30 Å². The zero-order valence-corrected chi connectivity index (χ0v) is 66.4. The van der Waals surface area contributed by atoms with E-state index in [1.165, 1.54) is 7.11 Å². The number of carbonyl (C=O) groups excluding carboxylic acids is 3. The van der Waals surface area contributed by atoms with E-state index in [2.05, 4.69) is 78.5 Å². The number of hydrogen-bond acceptors (Lipinski definition) is 20. The summed E-state index contributed by atoms with van der Waals surface area (Å²) in [6.07, 6.45) is 0.847. The molecule has 10 aromatic carbocycles. The Kier molecular flexibility index (Phi) is 31.7. The number of benzene rings is 10. The number of aromatic nitrogens is 8. The first-order chi connectivity index (χ1) is 52.9. The Balaban J connectivity index is 0.000000187. The molecular weight excluding hydrogens is 1520 g/mol. The molecule has 0 saturated carbocycles. The first-order valence-electron chi connectivity index (χ1n) is 33.8. The fraction of sp³-hybridized carbons (Fsp3) is 0.143. The summed E-state index contributed by atoms with van der Waals surface area (Å²) in [5, 5.41) is 9.36. The van der Waals surface area contributed by atoms with Crippen LogP contribution in [0.5, 0.6) is 0 Å². The van der Waals surface area contributed by atoms with Gasteiger partial charge in [0.15, 0.2) is 28.9 Å². The molecule has 4 aromatic heterocycles. The van der Waals surface area contributed by atoms with Crippen molar-refractivity contribution >= 4 is 152 Å². The SMILES string of the molecule is C.CN(C)c1ccc(-c2nc(C(=O)O)c3ccccc3n2)cc1.CN(C)c1ccc(-c2nc(Cl)c3ccccc3n2)cc1.CN(C)c1ccc(-c2nc3ccccc3c(=O)[nH]2)cc1.CN(C)c1ccc(C=O)cc1.COC(=O)c1nc(-c2ccc(N(C)C)cc2)nc2ccccc12.NC(=O)c1ccccc1N.O=P(Cl)(Cl)Cl. The molecule has 0 radical (unpaired) electrons. The van der Waals surface area contributed by atoms with E-state index in [1.807, 2.05) is 284 Å². The fourth-order valence-corrected chi connectivity index (χ4v) is 10.7. The Morgan fingerprint density at radius 3 is 1.11 bits per heavy atom. The van der Waals surface area contributed by atoms with Crippen molar-refractivity contribution in [2.75, 3.05) is 108 Å². The number of hydrogen-bond donors (Lipinski definition) is 4. The van der Waals surface area contributed by atoms with E-state index in [0.29, 0.717) is 66.9 Å². The summed E-state index contributed by atoms with van der Waals surface area (Å²) in [5.41, 5.74) is 24.1. The molecule has 28 heteroatoms. The lowest BCUT2D eigenvalue weighted by Crippen LogP contribution is -2.12. The van der Waals surface area contributed by atoms with Crippen LogP contribution in [0, 0.1) is 0 Å². The van der Waals surface area contributed by atoms with Crippen molar-refractivity contribution < 1.29 is 33.6 Å². The zero-order chi connectivity index (χ0) is 80.6. The number of carboxylic acids is 1. The molecule has 0 bridgehead atoms. The number of esters is 1. The lowest BCUT2D eigenvalue weighted by atomic mass is 10.1. The number of para-hydroxylation sites is 5. The molecule has 0 unspecified atom stereocenters. The standard InChI is InChI=1S/C18H17N3O2.C17H15N3O2.C16H14ClN3.C16H15N3O.C9H11NO.C7H8N2O.CH4.Cl3OP/c1-21(2)13-10-8-12(9-11-13)17-19-15-7-5-4-6-14(15)16(20-17)18(22)23-3;1-20(2)12-9-7-11(8-10-12)16-18-14-6-4-3-5-13(14)15(19-16)17(21)22;1-20(2)12-9-7-11(8-10-12)16-18-14-6-4-3-5-13(14)15(17)19-16;1-19(2)12-9-7-11(8-10-12)15-17-14-6-4-3-5-13(14)16(20)18-15;1-10(2)9-5-3-8(7-11)4-6-9;8-6-4-2-1-3-5(6)7(9)10;;1-5(2,3)4/h4-11H,1-3H3;3-10H,1-2H3,(H,21,22);3-10H,1-2H3;3-10H,1-2H3,(H,17,18,20);3-7H,1-2H3;1-4H,8H2,(H2,9,10);1H4;. The van der Waals surface area contributed by atoms with E-state index in [4.69, 9.17) is 27.8 Å². The second kappa shape index (κ2) is 40.9. The van der Waals surface area contributed by atoms with Crippen molar-refractivity contribution in [1.29, 1.82) is 0 Å². The zero-order valence-electron chi connectivity index (χ0n) is 62.5. The molecule has 576 valence electrons. The van der Waals surface area contributed by atoms with Crippen LogP contribution in [0.15, 0.2) is 247 Å². The second-order valence-electron chi connectivity index (χ2n) is 25.1. The van der Waals surface area contributed by atoms with Gasteiger partial charge in [-0.05, 0) is 204 Å². The molecule has 6 N–H and O–H groups in total. The van der Waals surface area contributed by atoms with Gasteiger partial charge < -0.3 is 50.8 Å². The lowest BCUT2D eigenvalue weighted by molar-refractivity contribution is 0.0595. The number of anilines is 6. The predicted molar refractivity (Wildman–Crippen MR) is 461 cm³/mol. The number of aromatic carboxylic acids is 1. The summed E-state index contributed by atoms with van der Waals surface area (Å²) in [5.74, 6) is 0.173. The number of primary amides is 1. The van der Waals surface area contributed by atoms with Gasteiger partial charge in [0.05, 0.1) is 40.1 Å². The molecule has 1 amide bonds. The number of methoxy groups -OCH3 is 1. The topological polar surface area (TPSA) is 306 Å². The van der Waals surface area contributed by atoms with Crippen molar-refractivity contribution in [3.8, 4) is 45.6 Å². The molecule has 0 aliphatic carbocycles. The minimum atomic E-state index is -3.22. The van der Waals surface area contributed by atoms with Crippen LogP contribution in [0.3, 0.4) is 0 Å². The number of fused-ring (bicyclic) bond motifs is 4. The van der Waals surface area contributed by atoms with Crippen LogP contribution in [0.2, 0.25) is 5.15 Å². The highest BCUT2D eigenvalue weighted by Gasteiger charge is 2.18. The number of nitrogens with one attached hydrogen (secondary N) is 1. The van der Waals surface area contributed by atoms with Gasteiger partial charge in [0.1, 0.15) is 17.3 Å². The number of aromatic amines is 1. The highest BCUT2D eigenvalue weighted by atomic mass is 36.0. The maximum absolute atomic E-state index is 12.0. The minimum Gasteiger partial charge on any atom is -0.476 e. The largest absolute Gasteiger partial charge is 0.476 e. The van der Waals surface area contributed by atoms with E-state index < -0.39 is 23.0 Å². The van der Waals surface area contributed by atoms with Crippen molar-refractivity contribution in [2.24, 2.45) is 5.73 Å². The molecule has 0 aliphatic rings. The number of aldehydes is 1. The molecule has 4 heterocycles. The number of nitrogen functional groups attached to an aromatic ring is 1. The summed E-state index contributed by atoms with van der Waals surface area (Å²) in [7, 11) is 21.2. The summed E-state index contributed by atoms with van der Waals surface area (Å²) >= 11 is 20.1. The molecular formula is C84H84Cl4N15O8P. The van der Waals surface area contributed by atoms with Gasteiger partial charge in [-0.2, -0.15) is 0 Å². The molecule has 23 nitrogen and oxygen atoms in total. The van der Waals surface area contributed by atoms with Gasteiger partial charge in [-0.25, -0.2) is 44.5 Å². The third-order valence-electron chi connectivity index (χ3n) is 16.3. The van der Waals surface area contributed by atoms with E-state index in [0.717, 1.165) is 79.0 Å². The number of carboxylic acid groups (broad SMARTS) is 1. The van der Waals surface area contributed by atoms with Crippen LogP contribution in [0.1, 0.15) is 49.1 Å². The Morgan fingerprint density at radius 1 is 0.438 bits per heavy atom. The average Bonchev–Trinajstić information content (AvgIpc) is 0.800. The monoisotopic (exact) mass is 1600 g/mol. The molecule has 0 atom stereocenters. The number of nitrogens with zero attached hydrogens (tertiary/aromatic N) is 12. The molecule has 14 aromatic rings. The predicted octanol–water partition coefficient (Wildman–Crippen LogP) is 18.3. The highest BCUT2D eigenvalue weighted by molar-refractivity contribution is 8.24. The van der Waals surface area contributed by atoms with Gasteiger partial charge in [0.2, 0.25) is 0 Å². The van der Waals surface area contributed by atoms with Gasteiger partial charge in [-0.3, -0.25) is 18.9 Å². The van der Waals surface area contributed by atoms with Crippen molar-refractivity contribution in [2.45, 2.75) is 7.43 Å². The van der Waals surface area contributed by atoms with Crippen molar-refractivity contribution in [3.05, 3.63) is 281 Å². The lowest BCUT2D eigenvalue weighted by Gasteiger charge is -2.13. The Hall–Kier alpha value is -12.4. The van der Waals surface area contributed by atoms with Crippen molar-refractivity contribution in [3.63, 3.8) is 0 Å². The van der Waals surface area contributed by atoms with Crippen LogP contribution in [-0.4, -0.2) is 147 Å². The maximum Gasteiger partial charge on any atom is 0.357 e. The van der Waals surface area contributed by atoms with Gasteiger partial charge in [-0.15, -0.1) is 0 Å². The first-order valence-corrected chi connectivity index (χ1v) is 38.6. The third-order valence-corrected chi connectivity index (χ3v) is 16.6. The summed E-state index contributed by atoms with van der Waals surface area (Å²) < 4.78 is 14.4. The van der Waals surface area contributed by atoms with Gasteiger partial charge in [0.25, 0.3) is 11.5 Å². The number of halogens is 4. The van der Waals surface area contributed by atoms with Crippen LogP contribution < -0.4 is 41.5 Å². The average molecular weight is 1600 g/mol. The third kappa shape index (κ3) is 24.6. The molecule has 0 fully saturated rings. The maximum atomic E-state index is 12.0. The van der Waals surface area contributed by atoms with Crippen molar-refractivity contribution in [1.82, 2.24) is 39.9 Å². The highest BCUT2D eigenvalue weighted by Crippen LogP contribution is 2.61. The minimum absolute atomic E-state index is 0. The molecule has 14 rings (SSSR count). The number of amides is 1. The fourth-order valence-electron chi connectivity index (χ4n) is 10.4. The van der Waals surface area contributed by atoms with E-state index >= 15 is 0 Å². The van der Waals surface area contributed by atoms with Gasteiger partial charge >= 0.3 is 17.1 Å². The molecule has 0 aliphatic heterocycles. The van der Waals surface area contributed by atoms with E-state index in [9.17, 15) is 33.6 Å².